The summed E-state index contributed by atoms with van der Waals surface area (Å²) in [7, 11) is 0. The topological polar surface area (TPSA) is 58.9 Å². The summed E-state index contributed by atoms with van der Waals surface area (Å²) in [5, 5.41) is 11.7. The van der Waals surface area contributed by atoms with Crippen LogP contribution in [0.1, 0.15) is 11.3 Å². The maximum Gasteiger partial charge on any atom is 0.271 e. The maximum atomic E-state index is 10.7. The Labute approximate surface area is 109 Å². The molecule has 0 bridgehead atoms. The Kier molecular flexibility index (Phi) is 2.76. The van der Waals surface area contributed by atoms with Gasteiger partial charge in [0.05, 0.1) is 10.4 Å². The SMILES string of the molecule is O=[N+]([O-])c1ccc2cc(Cc3ccccc3)[nH]c2c1. The molecule has 0 aliphatic heterocycles. The summed E-state index contributed by atoms with van der Waals surface area (Å²) in [6.07, 6.45) is 0.795. The summed E-state index contributed by atoms with van der Waals surface area (Å²) < 4.78 is 0. The molecule has 1 aromatic heterocycles. The Morgan fingerprint density at radius 2 is 1.84 bits per heavy atom. The van der Waals surface area contributed by atoms with Gasteiger partial charge in [0.1, 0.15) is 0 Å². The Balaban J connectivity index is 1.95. The summed E-state index contributed by atoms with van der Waals surface area (Å²) in [5.41, 5.74) is 3.19. The van der Waals surface area contributed by atoms with Crippen LogP contribution in [0.3, 0.4) is 0 Å². The molecule has 1 heterocycles. The molecule has 0 aliphatic rings. The maximum absolute atomic E-state index is 10.7. The van der Waals surface area contributed by atoms with Gasteiger partial charge < -0.3 is 4.98 Å². The highest BCUT2D eigenvalue weighted by molar-refractivity contribution is 5.82. The van der Waals surface area contributed by atoms with Crippen LogP contribution in [0.25, 0.3) is 10.9 Å². The molecule has 0 amide bonds. The molecule has 94 valence electrons. The van der Waals surface area contributed by atoms with Gasteiger partial charge in [-0.3, -0.25) is 10.1 Å². The lowest BCUT2D eigenvalue weighted by atomic mass is 10.1. The zero-order chi connectivity index (χ0) is 13.2. The van der Waals surface area contributed by atoms with Crippen molar-refractivity contribution in [3.05, 3.63) is 76.0 Å². The third-order valence-electron chi connectivity index (χ3n) is 3.11. The van der Waals surface area contributed by atoms with Crippen molar-refractivity contribution in [3.8, 4) is 0 Å². The predicted molar refractivity (Wildman–Crippen MR) is 74.2 cm³/mol. The fourth-order valence-corrected chi connectivity index (χ4v) is 2.20. The smallest absolute Gasteiger partial charge is 0.271 e. The highest BCUT2D eigenvalue weighted by Crippen LogP contribution is 2.22. The van der Waals surface area contributed by atoms with Gasteiger partial charge in [-0.2, -0.15) is 0 Å². The second-order valence-electron chi connectivity index (χ2n) is 4.49. The van der Waals surface area contributed by atoms with Crippen molar-refractivity contribution >= 4 is 16.6 Å². The number of nitrogens with zero attached hydrogens (tertiary/aromatic N) is 1. The van der Waals surface area contributed by atoms with Gasteiger partial charge in [0.2, 0.25) is 0 Å². The number of hydrogen-bond donors (Lipinski definition) is 1. The van der Waals surface area contributed by atoms with E-state index >= 15 is 0 Å². The van der Waals surface area contributed by atoms with Crippen molar-refractivity contribution < 1.29 is 4.92 Å². The first-order valence-electron chi connectivity index (χ1n) is 6.02. The van der Waals surface area contributed by atoms with Crippen LogP contribution in [0.4, 0.5) is 5.69 Å². The van der Waals surface area contributed by atoms with E-state index in [4.69, 9.17) is 0 Å². The number of aromatic nitrogens is 1. The Hall–Kier alpha value is -2.62. The van der Waals surface area contributed by atoms with Crippen LogP contribution in [0.15, 0.2) is 54.6 Å². The molecule has 0 radical (unpaired) electrons. The van der Waals surface area contributed by atoms with Crippen molar-refractivity contribution in [2.75, 3.05) is 0 Å². The van der Waals surface area contributed by atoms with E-state index in [0.29, 0.717) is 0 Å². The highest BCUT2D eigenvalue weighted by atomic mass is 16.6. The van der Waals surface area contributed by atoms with Crippen molar-refractivity contribution in [1.29, 1.82) is 0 Å². The molecule has 0 spiro atoms. The first-order valence-corrected chi connectivity index (χ1v) is 6.02. The average molecular weight is 252 g/mol. The van der Waals surface area contributed by atoms with Crippen LogP contribution in [-0.2, 0) is 6.42 Å². The monoisotopic (exact) mass is 252 g/mol. The molecule has 1 N–H and O–H groups in total. The molecule has 0 unspecified atom stereocenters. The first kappa shape index (κ1) is 11.5. The summed E-state index contributed by atoms with van der Waals surface area (Å²) in [4.78, 5) is 13.6. The summed E-state index contributed by atoms with van der Waals surface area (Å²) in [5.74, 6) is 0. The fraction of sp³-hybridized carbons (Fsp3) is 0.0667. The minimum Gasteiger partial charge on any atom is -0.358 e. The van der Waals surface area contributed by atoms with Gasteiger partial charge in [-0.25, -0.2) is 0 Å². The van der Waals surface area contributed by atoms with Gasteiger partial charge in [0.15, 0.2) is 0 Å². The lowest BCUT2D eigenvalue weighted by Gasteiger charge is -1.97. The van der Waals surface area contributed by atoms with Gasteiger partial charge in [0.25, 0.3) is 5.69 Å². The number of fused-ring (bicyclic) bond motifs is 1. The molecule has 0 saturated carbocycles. The number of non-ortho nitro benzene ring substituents is 1. The number of aromatic amines is 1. The van der Waals surface area contributed by atoms with E-state index in [2.05, 4.69) is 17.1 Å². The molecular weight excluding hydrogens is 240 g/mol. The van der Waals surface area contributed by atoms with Crippen LogP contribution >= 0.6 is 0 Å². The molecule has 3 rings (SSSR count). The lowest BCUT2D eigenvalue weighted by Crippen LogP contribution is -1.87. The van der Waals surface area contributed by atoms with Crippen molar-refractivity contribution in [3.63, 3.8) is 0 Å². The van der Waals surface area contributed by atoms with Crippen LogP contribution in [0.2, 0.25) is 0 Å². The van der Waals surface area contributed by atoms with Gasteiger partial charge in [-0.1, -0.05) is 30.3 Å². The quantitative estimate of drug-likeness (QED) is 0.571. The fourth-order valence-electron chi connectivity index (χ4n) is 2.20. The number of nitro benzene ring substituents is 1. The van der Waals surface area contributed by atoms with E-state index in [1.807, 2.05) is 24.3 Å². The molecule has 0 aliphatic carbocycles. The highest BCUT2D eigenvalue weighted by Gasteiger charge is 2.08. The molecule has 19 heavy (non-hydrogen) atoms. The number of benzene rings is 2. The standard InChI is InChI=1S/C15H12N2O2/c18-17(19)14-7-6-12-9-13(16-15(12)10-14)8-11-4-2-1-3-5-11/h1-7,9-10,16H,8H2. The summed E-state index contributed by atoms with van der Waals surface area (Å²) >= 11 is 0. The number of nitro groups is 1. The van der Waals surface area contributed by atoms with Crippen molar-refractivity contribution in [2.24, 2.45) is 0 Å². The second-order valence-corrected chi connectivity index (χ2v) is 4.49. The van der Waals surface area contributed by atoms with Gasteiger partial charge in [0, 0.05) is 29.6 Å². The van der Waals surface area contributed by atoms with Gasteiger partial charge >= 0.3 is 0 Å². The third kappa shape index (κ3) is 2.33. The van der Waals surface area contributed by atoms with E-state index < -0.39 is 0 Å². The third-order valence-corrected chi connectivity index (χ3v) is 3.11. The number of nitrogens with one attached hydrogen (secondary N) is 1. The molecule has 4 heteroatoms. The average Bonchev–Trinajstić information content (AvgIpc) is 2.80. The van der Waals surface area contributed by atoms with Crippen LogP contribution in [0, 0.1) is 10.1 Å². The minimum absolute atomic E-state index is 0.112. The first-order chi connectivity index (χ1) is 9.22. The normalized spacial score (nSPS) is 10.7. The van der Waals surface area contributed by atoms with Crippen LogP contribution < -0.4 is 0 Å². The number of rotatable bonds is 3. The molecule has 2 aromatic carbocycles. The lowest BCUT2D eigenvalue weighted by molar-refractivity contribution is -0.384. The molecule has 0 atom stereocenters. The summed E-state index contributed by atoms with van der Waals surface area (Å²) in [6.45, 7) is 0. The largest absolute Gasteiger partial charge is 0.358 e. The minimum atomic E-state index is -0.378. The number of hydrogen-bond acceptors (Lipinski definition) is 2. The second kappa shape index (κ2) is 4.57. The van der Waals surface area contributed by atoms with E-state index in [0.717, 1.165) is 23.0 Å². The van der Waals surface area contributed by atoms with E-state index in [-0.39, 0.29) is 10.6 Å². The molecule has 3 aromatic rings. The molecular formula is C15H12N2O2. The van der Waals surface area contributed by atoms with Crippen molar-refractivity contribution in [2.45, 2.75) is 6.42 Å². The van der Waals surface area contributed by atoms with Crippen LogP contribution in [0.5, 0.6) is 0 Å². The zero-order valence-electron chi connectivity index (χ0n) is 10.2. The van der Waals surface area contributed by atoms with Gasteiger partial charge in [-0.15, -0.1) is 0 Å². The Bertz CT molecular complexity index is 732. The van der Waals surface area contributed by atoms with Crippen molar-refractivity contribution in [1.82, 2.24) is 4.98 Å². The molecule has 4 nitrogen and oxygen atoms in total. The summed E-state index contributed by atoms with van der Waals surface area (Å²) in [6, 6.07) is 17.0. The number of H-pyrrole nitrogens is 1. The molecule has 0 saturated heterocycles. The van der Waals surface area contributed by atoms with Gasteiger partial charge in [-0.05, 0) is 17.7 Å². The Morgan fingerprint density at radius 1 is 1.05 bits per heavy atom. The Morgan fingerprint density at radius 3 is 2.58 bits per heavy atom. The predicted octanol–water partition coefficient (Wildman–Crippen LogP) is 3.67. The molecule has 0 fully saturated rings. The van der Waals surface area contributed by atoms with Crippen LogP contribution in [-0.4, -0.2) is 9.91 Å². The van der Waals surface area contributed by atoms with E-state index in [1.165, 1.54) is 11.6 Å². The van der Waals surface area contributed by atoms with E-state index in [1.54, 1.807) is 12.1 Å². The zero-order valence-corrected chi connectivity index (χ0v) is 10.2. The van der Waals surface area contributed by atoms with E-state index in [9.17, 15) is 10.1 Å².